The van der Waals surface area contributed by atoms with Gasteiger partial charge >= 0.3 is 0 Å². The average Bonchev–Trinajstić information content (AvgIpc) is 2.72. The number of nitrogens with one attached hydrogen (secondary N) is 1. The molecule has 4 nitrogen and oxygen atoms in total. The van der Waals surface area contributed by atoms with Gasteiger partial charge in [-0.25, -0.2) is 9.97 Å². The topological polar surface area (TPSA) is 41.0 Å². The van der Waals surface area contributed by atoms with E-state index < -0.39 is 0 Å². The number of aromatic nitrogens is 2. The van der Waals surface area contributed by atoms with Crippen molar-refractivity contribution in [3.63, 3.8) is 0 Å². The summed E-state index contributed by atoms with van der Waals surface area (Å²) in [6, 6.07) is 0. The third-order valence-corrected chi connectivity index (χ3v) is 4.77. The maximum absolute atomic E-state index is 4.50. The van der Waals surface area contributed by atoms with Gasteiger partial charge in [0.15, 0.2) is 0 Å². The Hall–Kier alpha value is -1.16. The van der Waals surface area contributed by atoms with Crippen molar-refractivity contribution >= 4 is 5.82 Å². The van der Waals surface area contributed by atoms with Crippen LogP contribution in [0, 0.1) is 5.92 Å². The fourth-order valence-corrected chi connectivity index (χ4v) is 3.36. The smallest absolute Gasteiger partial charge is 0.132 e. The van der Waals surface area contributed by atoms with Gasteiger partial charge in [-0.3, -0.25) is 0 Å². The standard InChI is InChI=1S/C16H26N4/c1-20-9-7-13(8-10-20)11-17-16-14-5-3-2-4-6-15(14)18-12-19-16/h12-13H,2-11H2,1H3,(H,17,18,19). The molecule has 3 rings (SSSR count). The molecule has 1 N–H and O–H groups in total. The summed E-state index contributed by atoms with van der Waals surface area (Å²) in [6.45, 7) is 3.53. The van der Waals surface area contributed by atoms with Crippen LogP contribution in [0.4, 0.5) is 5.82 Å². The number of fused-ring (bicyclic) bond motifs is 1. The lowest BCUT2D eigenvalue weighted by Crippen LogP contribution is -2.33. The molecule has 2 heterocycles. The highest BCUT2D eigenvalue weighted by atomic mass is 15.1. The molecule has 1 fully saturated rings. The summed E-state index contributed by atoms with van der Waals surface area (Å²) in [7, 11) is 2.22. The Kier molecular flexibility index (Phi) is 4.51. The van der Waals surface area contributed by atoms with Gasteiger partial charge in [-0.05, 0) is 64.6 Å². The molecule has 1 aliphatic carbocycles. The normalized spacial score (nSPS) is 21.2. The summed E-state index contributed by atoms with van der Waals surface area (Å²) in [5.74, 6) is 1.90. The predicted octanol–water partition coefficient (Wildman–Crippen LogP) is 2.50. The van der Waals surface area contributed by atoms with Gasteiger partial charge in [0, 0.05) is 17.8 Å². The fourth-order valence-electron chi connectivity index (χ4n) is 3.36. The molecule has 1 aromatic heterocycles. The zero-order chi connectivity index (χ0) is 13.8. The van der Waals surface area contributed by atoms with Crippen LogP contribution in [0.25, 0.3) is 0 Å². The van der Waals surface area contributed by atoms with Crippen LogP contribution in [0.1, 0.15) is 43.4 Å². The third kappa shape index (κ3) is 3.29. The van der Waals surface area contributed by atoms with Gasteiger partial charge in [-0.2, -0.15) is 0 Å². The Labute approximate surface area is 122 Å². The molecule has 1 aromatic rings. The highest BCUT2D eigenvalue weighted by Gasteiger charge is 2.18. The highest BCUT2D eigenvalue weighted by Crippen LogP contribution is 2.24. The van der Waals surface area contributed by atoms with Crippen molar-refractivity contribution in [2.45, 2.75) is 44.9 Å². The zero-order valence-corrected chi connectivity index (χ0v) is 12.6. The molecule has 2 aliphatic rings. The Balaban J connectivity index is 1.62. The first kappa shape index (κ1) is 13.8. The Morgan fingerprint density at radius 2 is 1.95 bits per heavy atom. The molecule has 0 aromatic carbocycles. The molecule has 0 saturated carbocycles. The van der Waals surface area contributed by atoms with E-state index in [1.54, 1.807) is 6.33 Å². The SMILES string of the molecule is CN1CCC(CNc2ncnc3c2CCCCC3)CC1. The molecule has 0 radical (unpaired) electrons. The van der Waals surface area contributed by atoms with Crippen molar-refractivity contribution in [1.29, 1.82) is 0 Å². The predicted molar refractivity (Wildman–Crippen MR) is 82.0 cm³/mol. The lowest BCUT2D eigenvalue weighted by Gasteiger charge is -2.29. The maximum Gasteiger partial charge on any atom is 0.132 e. The number of anilines is 1. The molecular weight excluding hydrogens is 248 g/mol. The molecule has 0 atom stereocenters. The molecule has 0 amide bonds. The molecule has 4 heteroatoms. The van der Waals surface area contributed by atoms with Crippen LogP contribution < -0.4 is 5.32 Å². The number of piperidine rings is 1. The first-order valence-corrected chi connectivity index (χ1v) is 8.08. The van der Waals surface area contributed by atoms with Crippen LogP contribution in [0.3, 0.4) is 0 Å². The highest BCUT2D eigenvalue weighted by molar-refractivity contribution is 5.46. The third-order valence-electron chi connectivity index (χ3n) is 4.77. The number of hydrogen-bond donors (Lipinski definition) is 1. The van der Waals surface area contributed by atoms with E-state index in [2.05, 4.69) is 27.2 Å². The summed E-state index contributed by atoms with van der Waals surface area (Å²) < 4.78 is 0. The monoisotopic (exact) mass is 274 g/mol. The number of aryl methyl sites for hydroxylation is 1. The molecule has 20 heavy (non-hydrogen) atoms. The van der Waals surface area contributed by atoms with Crippen molar-refractivity contribution in [3.8, 4) is 0 Å². The zero-order valence-electron chi connectivity index (χ0n) is 12.6. The van der Waals surface area contributed by atoms with Crippen LogP contribution in [0.5, 0.6) is 0 Å². The van der Waals surface area contributed by atoms with E-state index in [4.69, 9.17) is 0 Å². The molecule has 0 bridgehead atoms. The van der Waals surface area contributed by atoms with Gasteiger partial charge in [-0.15, -0.1) is 0 Å². The van der Waals surface area contributed by atoms with Gasteiger partial charge in [0.25, 0.3) is 0 Å². The van der Waals surface area contributed by atoms with Gasteiger partial charge < -0.3 is 10.2 Å². The van der Waals surface area contributed by atoms with E-state index in [0.717, 1.165) is 31.1 Å². The summed E-state index contributed by atoms with van der Waals surface area (Å²) in [5.41, 5.74) is 2.67. The van der Waals surface area contributed by atoms with Crippen molar-refractivity contribution in [3.05, 3.63) is 17.6 Å². The number of likely N-dealkylation sites (tertiary alicyclic amines) is 1. The largest absolute Gasteiger partial charge is 0.369 e. The Morgan fingerprint density at radius 1 is 1.15 bits per heavy atom. The summed E-state index contributed by atoms with van der Waals surface area (Å²) in [5, 5.41) is 3.62. The van der Waals surface area contributed by atoms with E-state index in [1.807, 2.05) is 0 Å². The summed E-state index contributed by atoms with van der Waals surface area (Å²) in [4.78, 5) is 11.4. The van der Waals surface area contributed by atoms with Crippen LogP contribution in [-0.4, -0.2) is 41.5 Å². The second kappa shape index (κ2) is 6.53. The van der Waals surface area contributed by atoms with E-state index in [-0.39, 0.29) is 0 Å². The second-order valence-electron chi connectivity index (χ2n) is 6.34. The summed E-state index contributed by atoms with van der Waals surface area (Å²) >= 11 is 0. The number of rotatable bonds is 3. The molecule has 1 aliphatic heterocycles. The van der Waals surface area contributed by atoms with Crippen LogP contribution in [0.2, 0.25) is 0 Å². The van der Waals surface area contributed by atoms with E-state index in [1.165, 1.54) is 56.5 Å². The van der Waals surface area contributed by atoms with E-state index in [0.29, 0.717) is 0 Å². The van der Waals surface area contributed by atoms with Gasteiger partial charge in [0.2, 0.25) is 0 Å². The Bertz CT molecular complexity index is 438. The van der Waals surface area contributed by atoms with Crippen molar-refractivity contribution in [2.75, 3.05) is 32.0 Å². The van der Waals surface area contributed by atoms with Crippen molar-refractivity contribution in [2.24, 2.45) is 5.92 Å². The van der Waals surface area contributed by atoms with Crippen LogP contribution >= 0.6 is 0 Å². The molecule has 0 unspecified atom stereocenters. The number of nitrogens with zero attached hydrogens (tertiary/aromatic N) is 3. The number of hydrogen-bond acceptors (Lipinski definition) is 4. The summed E-state index contributed by atoms with van der Waals surface area (Å²) in [6.07, 6.45) is 10.5. The molecule has 0 spiro atoms. The fraction of sp³-hybridized carbons (Fsp3) is 0.750. The van der Waals surface area contributed by atoms with Crippen LogP contribution in [0.15, 0.2) is 6.33 Å². The van der Waals surface area contributed by atoms with Gasteiger partial charge in [0.05, 0.1) is 0 Å². The second-order valence-corrected chi connectivity index (χ2v) is 6.34. The molecular formula is C16H26N4. The van der Waals surface area contributed by atoms with Crippen LogP contribution in [-0.2, 0) is 12.8 Å². The quantitative estimate of drug-likeness (QED) is 0.860. The first-order valence-electron chi connectivity index (χ1n) is 8.08. The molecule has 1 saturated heterocycles. The van der Waals surface area contributed by atoms with Gasteiger partial charge in [-0.1, -0.05) is 6.42 Å². The first-order chi connectivity index (χ1) is 9.83. The van der Waals surface area contributed by atoms with Crippen molar-refractivity contribution in [1.82, 2.24) is 14.9 Å². The van der Waals surface area contributed by atoms with E-state index >= 15 is 0 Å². The van der Waals surface area contributed by atoms with Crippen molar-refractivity contribution < 1.29 is 0 Å². The maximum atomic E-state index is 4.50. The van der Waals surface area contributed by atoms with E-state index in [9.17, 15) is 0 Å². The Morgan fingerprint density at radius 3 is 2.80 bits per heavy atom. The minimum atomic E-state index is 0.794. The minimum Gasteiger partial charge on any atom is -0.369 e. The minimum absolute atomic E-state index is 0.794. The van der Waals surface area contributed by atoms with Gasteiger partial charge in [0.1, 0.15) is 12.1 Å². The molecule has 110 valence electrons. The lowest BCUT2D eigenvalue weighted by molar-refractivity contribution is 0.226. The average molecular weight is 274 g/mol. The lowest BCUT2D eigenvalue weighted by atomic mass is 9.97.